The molecule has 1 heterocycles. The second-order valence-corrected chi connectivity index (χ2v) is 1.72. The molecule has 0 atom stereocenters. The Labute approximate surface area is 64.3 Å². The van der Waals surface area contributed by atoms with Gasteiger partial charge in [0.2, 0.25) is 0 Å². The Morgan fingerprint density at radius 3 is 3.45 bits per heavy atom. The minimum absolute atomic E-state index is 0.185. The van der Waals surface area contributed by atoms with Crippen molar-refractivity contribution in [3.8, 4) is 12.3 Å². The van der Waals surface area contributed by atoms with Gasteiger partial charge in [0.15, 0.2) is 6.61 Å². The number of hydrogen-bond donors (Lipinski definition) is 1. The van der Waals surface area contributed by atoms with Crippen molar-refractivity contribution < 1.29 is 4.84 Å². The summed E-state index contributed by atoms with van der Waals surface area (Å²) in [6.07, 6.45) is 8.05. The zero-order valence-corrected chi connectivity index (χ0v) is 5.82. The zero-order valence-electron chi connectivity index (χ0n) is 5.82. The van der Waals surface area contributed by atoms with Gasteiger partial charge in [-0.1, -0.05) is 11.1 Å². The van der Waals surface area contributed by atoms with Gasteiger partial charge in [0, 0.05) is 6.20 Å². The lowest BCUT2D eigenvalue weighted by Gasteiger charge is -1.87. The fourth-order valence-corrected chi connectivity index (χ4v) is 0.507. The van der Waals surface area contributed by atoms with Gasteiger partial charge >= 0.3 is 0 Å². The van der Waals surface area contributed by atoms with Gasteiger partial charge in [-0.3, -0.25) is 5.10 Å². The summed E-state index contributed by atoms with van der Waals surface area (Å²) in [5.74, 6) is 2.29. The summed E-state index contributed by atoms with van der Waals surface area (Å²) < 4.78 is 0. The van der Waals surface area contributed by atoms with E-state index in [2.05, 4.69) is 26.1 Å². The first-order valence-electron chi connectivity index (χ1n) is 3.01. The summed E-state index contributed by atoms with van der Waals surface area (Å²) in [5, 5.41) is 9.96. The maximum Gasteiger partial charge on any atom is 0.177 e. The van der Waals surface area contributed by atoms with Gasteiger partial charge < -0.3 is 4.84 Å². The van der Waals surface area contributed by atoms with E-state index in [0.29, 0.717) is 0 Å². The number of nitrogens with one attached hydrogen (secondary N) is 1. The van der Waals surface area contributed by atoms with E-state index in [4.69, 9.17) is 6.42 Å². The molecule has 0 aliphatic heterocycles. The molecule has 0 aromatic carbocycles. The molecule has 0 radical (unpaired) electrons. The van der Waals surface area contributed by atoms with E-state index >= 15 is 0 Å². The first kappa shape index (κ1) is 7.35. The van der Waals surface area contributed by atoms with E-state index in [-0.39, 0.29) is 6.61 Å². The molecule has 1 aromatic rings. The number of aromatic nitrogens is 2. The highest BCUT2D eigenvalue weighted by Gasteiger charge is 1.84. The molecule has 56 valence electrons. The van der Waals surface area contributed by atoms with Gasteiger partial charge in [0.05, 0.1) is 11.9 Å². The molecule has 1 aromatic heterocycles. The number of terminal acetylenes is 1. The van der Waals surface area contributed by atoms with E-state index in [0.717, 1.165) is 5.69 Å². The molecule has 0 aliphatic rings. The standard InChI is InChI=1S/C7H7N3O/c1-2-5-11-9-6-7-3-4-8-10-7/h1,3-4,6H,5H2,(H,8,10)/b9-6+. The van der Waals surface area contributed by atoms with E-state index in [1.807, 2.05) is 0 Å². The average molecular weight is 149 g/mol. The summed E-state index contributed by atoms with van der Waals surface area (Å²) >= 11 is 0. The maximum atomic E-state index is 4.92. The lowest BCUT2D eigenvalue weighted by atomic mass is 10.5. The van der Waals surface area contributed by atoms with Crippen molar-refractivity contribution in [3.63, 3.8) is 0 Å². The molecular weight excluding hydrogens is 142 g/mol. The predicted octanol–water partition coefficient (Wildman–Crippen LogP) is 0.393. The molecule has 0 spiro atoms. The Morgan fingerprint density at radius 2 is 2.82 bits per heavy atom. The summed E-state index contributed by atoms with van der Waals surface area (Å²) in [4.78, 5) is 4.64. The third kappa shape index (κ3) is 2.54. The van der Waals surface area contributed by atoms with Gasteiger partial charge in [0.1, 0.15) is 0 Å². The van der Waals surface area contributed by atoms with Crippen LogP contribution in [0.2, 0.25) is 0 Å². The number of H-pyrrole nitrogens is 1. The molecule has 0 unspecified atom stereocenters. The van der Waals surface area contributed by atoms with Crippen molar-refractivity contribution in [2.24, 2.45) is 5.16 Å². The molecule has 4 nitrogen and oxygen atoms in total. The highest BCUT2D eigenvalue weighted by Crippen LogP contribution is 1.85. The Bertz CT molecular complexity index is 258. The van der Waals surface area contributed by atoms with Crippen LogP contribution in [-0.4, -0.2) is 23.0 Å². The highest BCUT2D eigenvalue weighted by atomic mass is 16.6. The second-order valence-electron chi connectivity index (χ2n) is 1.72. The Morgan fingerprint density at radius 1 is 1.91 bits per heavy atom. The summed E-state index contributed by atoms with van der Waals surface area (Å²) in [6, 6.07) is 1.77. The Balaban J connectivity index is 2.32. The normalized spacial score (nSPS) is 9.73. The fraction of sp³-hybridized carbons (Fsp3) is 0.143. The van der Waals surface area contributed by atoms with Crippen LogP contribution < -0.4 is 0 Å². The monoisotopic (exact) mass is 149 g/mol. The molecule has 0 saturated carbocycles. The second kappa shape index (κ2) is 4.12. The third-order valence-corrected chi connectivity index (χ3v) is 0.936. The summed E-state index contributed by atoms with van der Waals surface area (Å²) in [7, 11) is 0. The molecule has 0 saturated heterocycles. The van der Waals surface area contributed by atoms with Crippen LogP contribution in [0, 0.1) is 12.3 Å². The number of nitrogens with zero attached hydrogens (tertiary/aromatic N) is 2. The van der Waals surface area contributed by atoms with Gasteiger partial charge in [0.25, 0.3) is 0 Å². The smallest absolute Gasteiger partial charge is 0.177 e. The average Bonchev–Trinajstić information content (AvgIpc) is 2.50. The van der Waals surface area contributed by atoms with Crippen LogP contribution in [0.5, 0.6) is 0 Å². The van der Waals surface area contributed by atoms with Gasteiger partial charge in [-0.15, -0.1) is 6.42 Å². The molecule has 4 heteroatoms. The van der Waals surface area contributed by atoms with Crippen LogP contribution in [0.4, 0.5) is 0 Å². The molecule has 1 N–H and O–H groups in total. The fourth-order valence-electron chi connectivity index (χ4n) is 0.507. The molecule has 0 aliphatic carbocycles. The van der Waals surface area contributed by atoms with Crippen LogP contribution in [0.3, 0.4) is 0 Å². The van der Waals surface area contributed by atoms with E-state index in [1.165, 1.54) is 6.21 Å². The Kier molecular flexibility index (Phi) is 2.75. The van der Waals surface area contributed by atoms with E-state index in [1.54, 1.807) is 12.3 Å². The lowest BCUT2D eigenvalue weighted by Crippen LogP contribution is -1.85. The first-order valence-corrected chi connectivity index (χ1v) is 3.01. The summed E-state index contributed by atoms with van der Waals surface area (Å²) in [5.41, 5.74) is 0.780. The maximum absolute atomic E-state index is 4.92. The van der Waals surface area contributed by atoms with Crippen molar-refractivity contribution in [2.45, 2.75) is 0 Å². The topological polar surface area (TPSA) is 50.3 Å². The van der Waals surface area contributed by atoms with Crippen molar-refractivity contribution in [1.29, 1.82) is 0 Å². The van der Waals surface area contributed by atoms with Crippen LogP contribution in [-0.2, 0) is 4.84 Å². The quantitative estimate of drug-likeness (QED) is 0.292. The van der Waals surface area contributed by atoms with Crippen molar-refractivity contribution in [1.82, 2.24) is 10.2 Å². The van der Waals surface area contributed by atoms with Crippen molar-refractivity contribution in [3.05, 3.63) is 18.0 Å². The minimum Gasteiger partial charge on any atom is -0.383 e. The highest BCUT2D eigenvalue weighted by molar-refractivity contribution is 5.75. The lowest BCUT2D eigenvalue weighted by molar-refractivity contribution is 0.181. The minimum atomic E-state index is 0.185. The molecular formula is C7H7N3O. The molecule has 0 fully saturated rings. The van der Waals surface area contributed by atoms with Crippen LogP contribution >= 0.6 is 0 Å². The molecule has 11 heavy (non-hydrogen) atoms. The number of hydrogen-bond acceptors (Lipinski definition) is 3. The van der Waals surface area contributed by atoms with Crippen LogP contribution in [0.15, 0.2) is 17.4 Å². The van der Waals surface area contributed by atoms with Crippen LogP contribution in [0.25, 0.3) is 0 Å². The van der Waals surface area contributed by atoms with Crippen LogP contribution in [0.1, 0.15) is 5.69 Å². The number of oxime groups is 1. The summed E-state index contributed by atoms with van der Waals surface area (Å²) in [6.45, 7) is 0.185. The number of rotatable bonds is 3. The van der Waals surface area contributed by atoms with Gasteiger partial charge in [-0.25, -0.2) is 0 Å². The first-order chi connectivity index (χ1) is 5.43. The number of aromatic amines is 1. The third-order valence-electron chi connectivity index (χ3n) is 0.936. The van der Waals surface area contributed by atoms with E-state index < -0.39 is 0 Å². The van der Waals surface area contributed by atoms with Gasteiger partial charge in [-0.05, 0) is 6.07 Å². The molecule has 1 rings (SSSR count). The van der Waals surface area contributed by atoms with Crippen molar-refractivity contribution in [2.75, 3.05) is 6.61 Å². The van der Waals surface area contributed by atoms with Gasteiger partial charge in [-0.2, -0.15) is 5.10 Å². The predicted molar refractivity (Wildman–Crippen MR) is 41.0 cm³/mol. The zero-order chi connectivity index (χ0) is 7.94. The van der Waals surface area contributed by atoms with Crippen molar-refractivity contribution >= 4 is 6.21 Å². The molecule has 0 amide bonds. The molecule has 0 bridgehead atoms. The van der Waals surface area contributed by atoms with E-state index in [9.17, 15) is 0 Å². The largest absolute Gasteiger partial charge is 0.383 e. The Hall–Kier alpha value is -1.76. The SMILES string of the molecule is C#CCO/N=C/c1ccn[nH]1.